The summed E-state index contributed by atoms with van der Waals surface area (Å²) in [7, 11) is 0. The van der Waals surface area contributed by atoms with Gasteiger partial charge < -0.3 is 10.0 Å². The number of anilines is 1. The molecule has 19 heavy (non-hydrogen) atoms. The molecule has 5 nitrogen and oxygen atoms in total. The van der Waals surface area contributed by atoms with Crippen molar-refractivity contribution in [2.24, 2.45) is 0 Å². The van der Waals surface area contributed by atoms with Gasteiger partial charge in [-0.15, -0.1) is 0 Å². The summed E-state index contributed by atoms with van der Waals surface area (Å²) in [6, 6.07) is 4.58. The van der Waals surface area contributed by atoms with Crippen LogP contribution in [0.2, 0.25) is 5.02 Å². The molecule has 1 fully saturated rings. The molecule has 0 saturated carbocycles. The van der Waals surface area contributed by atoms with Crippen molar-refractivity contribution in [1.29, 1.82) is 0 Å². The molecule has 1 aromatic rings. The molecule has 0 amide bonds. The van der Waals surface area contributed by atoms with E-state index < -0.39 is 10.5 Å². The summed E-state index contributed by atoms with van der Waals surface area (Å²) in [5.74, 6) is 0. The van der Waals surface area contributed by atoms with Crippen molar-refractivity contribution in [3.05, 3.63) is 33.3 Å². The lowest BCUT2D eigenvalue weighted by Crippen LogP contribution is -2.28. The van der Waals surface area contributed by atoms with E-state index in [0.29, 0.717) is 36.6 Å². The van der Waals surface area contributed by atoms with Crippen LogP contribution in [-0.2, 0) is 0 Å². The molecule has 0 bridgehead atoms. The maximum atomic E-state index is 11.1. The maximum absolute atomic E-state index is 11.1. The molecular formula is C13H17ClN2O3. The van der Waals surface area contributed by atoms with Crippen LogP contribution in [0.25, 0.3) is 0 Å². The van der Waals surface area contributed by atoms with Gasteiger partial charge in [0.2, 0.25) is 0 Å². The van der Waals surface area contributed by atoms with Crippen LogP contribution in [0.15, 0.2) is 18.2 Å². The van der Waals surface area contributed by atoms with Gasteiger partial charge in [-0.3, -0.25) is 10.1 Å². The number of aliphatic hydroxyl groups is 1. The molecule has 1 aliphatic heterocycles. The third kappa shape index (κ3) is 3.36. The fraction of sp³-hybridized carbons (Fsp3) is 0.538. The van der Waals surface area contributed by atoms with Crippen molar-refractivity contribution in [1.82, 2.24) is 0 Å². The maximum Gasteiger partial charge on any atom is 0.292 e. The summed E-state index contributed by atoms with van der Waals surface area (Å²) < 4.78 is 0. The number of benzene rings is 1. The van der Waals surface area contributed by atoms with E-state index in [1.165, 1.54) is 12.1 Å². The van der Waals surface area contributed by atoms with Crippen LogP contribution < -0.4 is 4.90 Å². The van der Waals surface area contributed by atoms with Gasteiger partial charge in [0, 0.05) is 24.2 Å². The zero-order chi connectivity index (χ0) is 14.0. The molecule has 1 aliphatic rings. The minimum Gasteiger partial charge on any atom is -0.390 e. The zero-order valence-corrected chi connectivity index (χ0v) is 11.6. The van der Waals surface area contributed by atoms with Crippen molar-refractivity contribution >= 4 is 23.0 Å². The van der Waals surface area contributed by atoms with Crippen molar-refractivity contribution in [2.75, 3.05) is 18.0 Å². The summed E-state index contributed by atoms with van der Waals surface area (Å²) in [6.45, 7) is 3.09. The molecule has 0 aliphatic carbocycles. The minimum absolute atomic E-state index is 0.0611. The van der Waals surface area contributed by atoms with E-state index in [1.54, 1.807) is 6.07 Å². The fourth-order valence-corrected chi connectivity index (χ4v) is 2.57. The Morgan fingerprint density at radius 1 is 1.42 bits per heavy atom. The highest BCUT2D eigenvalue weighted by Gasteiger charge is 2.28. The molecule has 1 heterocycles. The monoisotopic (exact) mass is 284 g/mol. The first kappa shape index (κ1) is 14.1. The second-order valence-electron chi connectivity index (χ2n) is 5.23. The average Bonchev–Trinajstić information content (AvgIpc) is 2.49. The quantitative estimate of drug-likeness (QED) is 0.670. The fourth-order valence-electron chi connectivity index (χ4n) is 2.41. The van der Waals surface area contributed by atoms with Gasteiger partial charge >= 0.3 is 0 Å². The Hall–Kier alpha value is -1.33. The summed E-state index contributed by atoms with van der Waals surface area (Å²) in [6.07, 6.45) is 2.10. The largest absolute Gasteiger partial charge is 0.390 e. The van der Waals surface area contributed by atoms with E-state index in [0.717, 1.165) is 6.42 Å². The number of rotatable bonds is 2. The highest BCUT2D eigenvalue weighted by atomic mass is 35.5. The summed E-state index contributed by atoms with van der Waals surface area (Å²) >= 11 is 5.94. The Morgan fingerprint density at radius 3 is 2.84 bits per heavy atom. The van der Waals surface area contributed by atoms with Gasteiger partial charge in [0.05, 0.1) is 10.5 Å². The van der Waals surface area contributed by atoms with E-state index in [4.69, 9.17) is 11.6 Å². The second kappa shape index (κ2) is 5.35. The van der Waals surface area contributed by atoms with Crippen LogP contribution in [0.5, 0.6) is 0 Å². The van der Waals surface area contributed by atoms with E-state index >= 15 is 0 Å². The lowest BCUT2D eigenvalue weighted by atomic mass is 9.98. The zero-order valence-electron chi connectivity index (χ0n) is 10.8. The van der Waals surface area contributed by atoms with Crippen molar-refractivity contribution in [3.8, 4) is 0 Å². The van der Waals surface area contributed by atoms with E-state index in [-0.39, 0.29) is 5.69 Å². The first-order valence-electron chi connectivity index (χ1n) is 6.30. The first-order chi connectivity index (χ1) is 8.89. The van der Waals surface area contributed by atoms with Crippen molar-refractivity contribution < 1.29 is 10.0 Å². The molecule has 1 unspecified atom stereocenters. The van der Waals surface area contributed by atoms with E-state index in [1.807, 2.05) is 11.8 Å². The standard InChI is InChI=1S/C13H17ClN2O3/c1-13(17)5-2-7-15(8-6-13)12-9-10(14)3-4-11(12)16(18)19/h3-4,9,17H,2,5-8H2,1H3. The molecule has 6 heteroatoms. The van der Waals surface area contributed by atoms with Crippen LogP contribution in [-0.4, -0.2) is 28.7 Å². The number of nitro benzene ring substituents is 1. The highest BCUT2D eigenvalue weighted by Crippen LogP contribution is 2.33. The lowest BCUT2D eigenvalue weighted by molar-refractivity contribution is -0.384. The predicted molar refractivity (Wildman–Crippen MR) is 74.8 cm³/mol. The molecular weight excluding hydrogens is 268 g/mol. The molecule has 1 saturated heterocycles. The third-order valence-electron chi connectivity index (χ3n) is 3.54. The second-order valence-corrected chi connectivity index (χ2v) is 5.66. The number of nitro groups is 1. The van der Waals surface area contributed by atoms with Gasteiger partial charge in [0.15, 0.2) is 0 Å². The number of nitrogens with zero attached hydrogens (tertiary/aromatic N) is 2. The smallest absolute Gasteiger partial charge is 0.292 e. The third-order valence-corrected chi connectivity index (χ3v) is 3.77. The molecule has 1 N–H and O–H groups in total. The molecule has 1 aromatic carbocycles. The van der Waals surface area contributed by atoms with Crippen molar-refractivity contribution in [2.45, 2.75) is 31.8 Å². The van der Waals surface area contributed by atoms with Gasteiger partial charge in [0.25, 0.3) is 5.69 Å². The number of halogens is 1. The Labute approximate surface area is 116 Å². The molecule has 0 spiro atoms. The molecule has 0 aromatic heterocycles. The van der Waals surface area contributed by atoms with Crippen LogP contribution in [0.3, 0.4) is 0 Å². The minimum atomic E-state index is -0.692. The Kier molecular flexibility index (Phi) is 3.96. The average molecular weight is 285 g/mol. The van der Waals surface area contributed by atoms with Crippen LogP contribution >= 0.6 is 11.6 Å². The molecule has 104 valence electrons. The topological polar surface area (TPSA) is 66.6 Å². The first-order valence-corrected chi connectivity index (χ1v) is 6.68. The number of hydrogen-bond acceptors (Lipinski definition) is 4. The van der Waals surface area contributed by atoms with Gasteiger partial charge in [-0.05, 0) is 38.3 Å². The van der Waals surface area contributed by atoms with Gasteiger partial charge in [-0.2, -0.15) is 0 Å². The summed E-state index contributed by atoms with van der Waals surface area (Å²) in [4.78, 5) is 12.6. The predicted octanol–water partition coefficient (Wildman–Crippen LogP) is 2.99. The van der Waals surface area contributed by atoms with Crippen LogP contribution in [0.1, 0.15) is 26.2 Å². The lowest BCUT2D eigenvalue weighted by Gasteiger charge is -2.24. The SMILES string of the molecule is CC1(O)CCCN(c2cc(Cl)ccc2[N+](=O)[O-])CC1. The highest BCUT2D eigenvalue weighted by molar-refractivity contribution is 6.31. The van der Waals surface area contributed by atoms with E-state index in [9.17, 15) is 15.2 Å². The summed E-state index contributed by atoms with van der Waals surface area (Å²) in [5, 5.41) is 21.6. The summed E-state index contributed by atoms with van der Waals surface area (Å²) in [5.41, 5.74) is -0.0941. The molecule has 0 radical (unpaired) electrons. The molecule has 1 atom stereocenters. The van der Waals surface area contributed by atoms with Gasteiger partial charge in [-0.1, -0.05) is 11.6 Å². The normalized spacial score (nSPS) is 24.1. The van der Waals surface area contributed by atoms with E-state index in [2.05, 4.69) is 0 Å². The van der Waals surface area contributed by atoms with Gasteiger partial charge in [-0.25, -0.2) is 0 Å². The Bertz CT molecular complexity index is 491. The van der Waals surface area contributed by atoms with Crippen molar-refractivity contribution in [3.63, 3.8) is 0 Å². The number of hydrogen-bond donors (Lipinski definition) is 1. The Morgan fingerprint density at radius 2 is 2.16 bits per heavy atom. The van der Waals surface area contributed by atoms with Crippen LogP contribution in [0, 0.1) is 10.1 Å². The Balaban J connectivity index is 2.30. The van der Waals surface area contributed by atoms with Gasteiger partial charge in [0.1, 0.15) is 5.69 Å². The van der Waals surface area contributed by atoms with Crippen LogP contribution in [0.4, 0.5) is 11.4 Å². The molecule has 2 rings (SSSR count).